The minimum atomic E-state index is -3.78. The van der Waals surface area contributed by atoms with E-state index in [1.165, 1.54) is 31.4 Å². The summed E-state index contributed by atoms with van der Waals surface area (Å²) < 4.78 is 26.3. The van der Waals surface area contributed by atoms with Crippen LogP contribution in [0.5, 0.6) is 0 Å². The maximum Gasteiger partial charge on any atom is 0.325 e. The van der Waals surface area contributed by atoms with E-state index in [-0.39, 0.29) is 17.0 Å². The number of sulfonamides is 1. The van der Waals surface area contributed by atoms with E-state index >= 15 is 0 Å². The third-order valence-corrected chi connectivity index (χ3v) is 3.00. The Morgan fingerprint density at radius 3 is 2.28 bits per heavy atom. The molecular weight excluding hydrogens is 260 g/mol. The normalized spacial score (nSPS) is 10.8. The molecule has 98 valence electrons. The van der Waals surface area contributed by atoms with E-state index < -0.39 is 21.9 Å². The molecule has 0 aliphatic carbocycles. The van der Waals surface area contributed by atoms with Crippen LogP contribution in [0.25, 0.3) is 0 Å². The van der Waals surface area contributed by atoms with Crippen molar-refractivity contribution < 1.29 is 22.7 Å². The third kappa shape index (κ3) is 3.82. The predicted octanol–water partition coefficient (Wildman–Crippen LogP) is -0.763. The molecule has 0 aliphatic heterocycles. The number of hydrogen-bond donors (Lipinski definition) is 2. The lowest BCUT2D eigenvalue weighted by Crippen LogP contribution is -2.30. The summed E-state index contributed by atoms with van der Waals surface area (Å²) in [6.45, 7) is -0.258. The second-order valence-electron chi connectivity index (χ2n) is 3.33. The van der Waals surface area contributed by atoms with Crippen molar-refractivity contribution in [3.63, 3.8) is 0 Å². The van der Waals surface area contributed by atoms with Crippen LogP contribution in [-0.4, -0.2) is 33.9 Å². The van der Waals surface area contributed by atoms with Crippen LogP contribution in [0.2, 0.25) is 0 Å². The Labute approximate surface area is 104 Å². The molecule has 0 heterocycles. The number of carbonyl (C=O) groups excluding carboxylic acids is 2. The van der Waals surface area contributed by atoms with Gasteiger partial charge < -0.3 is 10.1 Å². The largest absolute Gasteiger partial charge is 0.468 e. The second kappa shape index (κ2) is 5.61. The third-order valence-electron chi connectivity index (χ3n) is 2.07. The first-order valence-electron chi connectivity index (χ1n) is 4.82. The number of ether oxygens (including phenoxy) is 1. The zero-order valence-electron chi connectivity index (χ0n) is 9.54. The number of nitrogens with one attached hydrogen (secondary N) is 1. The summed E-state index contributed by atoms with van der Waals surface area (Å²) >= 11 is 0. The first kappa shape index (κ1) is 14.1. The number of esters is 1. The van der Waals surface area contributed by atoms with E-state index in [0.717, 1.165) is 0 Å². The van der Waals surface area contributed by atoms with Gasteiger partial charge >= 0.3 is 5.97 Å². The van der Waals surface area contributed by atoms with Crippen LogP contribution in [0.1, 0.15) is 10.4 Å². The predicted molar refractivity (Wildman–Crippen MR) is 62.2 cm³/mol. The second-order valence-corrected chi connectivity index (χ2v) is 4.89. The summed E-state index contributed by atoms with van der Waals surface area (Å²) in [4.78, 5) is 22.2. The van der Waals surface area contributed by atoms with Gasteiger partial charge in [0.2, 0.25) is 10.0 Å². The number of amides is 1. The quantitative estimate of drug-likeness (QED) is 0.699. The van der Waals surface area contributed by atoms with Gasteiger partial charge in [-0.05, 0) is 24.3 Å². The Hall–Kier alpha value is -1.93. The van der Waals surface area contributed by atoms with E-state index in [4.69, 9.17) is 5.14 Å². The molecule has 1 rings (SSSR count). The molecule has 0 atom stereocenters. The summed E-state index contributed by atoms with van der Waals surface area (Å²) in [6.07, 6.45) is 0. The number of methoxy groups -OCH3 is 1. The van der Waals surface area contributed by atoms with Crippen molar-refractivity contribution in [1.82, 2.24) is 5.32 Å². The van der Waals surface area contributed by atoms with Crippen molar-refractivity contribution in [2.24, 2.45) is 5.14 Å². The van der Waals surface area contributed by atoms with Crippen LogP contribution < -0.4 is 10.5 Å². The molecular formula is C10H12N2O5S. The lowest BCUT2D eigenvalue weighted by molar-refractivity contribution is -0.139. The van der Waals surface area contributed by atoms with E-state index in [9.17, 15) is 18.0 Å². The van der Waals surface area contributed by atoms with Crippen LogP contribution >= 0.6 is 0 Å². The van der Waals surface area contributed by atoms with Gasteiger partial charge in [0, 0.05) is 5.56 Å². The molecule has 0 saturated heterocycles. The fraction of sp³-hybridized carbons (Fsp3) is 0.200. The molecule has 0 saturated carbocycles. The topological polar surface area (TPSA) is 116 Å². The van der Waals surface area contributed by atoms with Crippen LogP contribution in [0, 0.1) is 0 Å². The smallest absolute Gasteiger partial charge is 0.325 e. The Kier molecular flexibility index (Phi) is 4.40. The van der Waals surface area contributed by atoms with E-state index in [2.05, 4.69) is 10.1 Å². The number of hydrogen-bond acceptors (Lipinski definition) is 5. The van der Waals surface area contributed by atoms with Gasteiger partial charge in [-0.25, -0.2) is 13.6 Å². The molecule has 0 aliphatic rings. The average Bonchev–Trinajstić information content (AvgIpc) is 2.34. The van der Waals surface area contributed by atoms with Gasteiger partial charge in [0.05, 0.1) is 12.0 Å². The highest BCUT2D eigenvalue weighted by Gasteiger charge is 2.11. The Morgan fingerprint density at radius 1 is 1.28 bits per heavy atom. The van der Waals surface area contributed by atoms with Gasteiger partial charge in [0.25, 0.3) is 5.91 Å². The highest BCUT2D eigenvalue weighted by atomic mass is 32.2. The number of rotatable bonds is 4. The van der Waals surface area contributed by atoms with Crippen LogP contribution in [0.4, 0.5) is 0 Å². The molecule has 0 spiro atoms. The number of primary sulfonamides is 1. The Morgan fingerprint density at radius 2 is 1.83 bits per heavy atom. The number of nitrogens with two attached hydrogens (primary N) is 1. The molecule has 0 fully saturated rings. The molecule has 18 heavy (non-hydrogen) atoms. The standard InChI is InChI=1S/C10H12N2O5S/c1-17-9(13)6-12-10(14)7-2-4-8(5-3-7)18(11,15)16/h2-5H,6H2,1H3,(H,12,14)(H2,11,15,16). The average molecular weight is 272 g/mol. The SMILES string of the molecule is COC(=O)CNC(=O)c1ccc(S(N)(=O)=O)cc1. The van der Waals surface area contributed by atoms with Gasteiger partial charge in [-0.15, -0.1) is 0 Å². The van der Waals surface area contributed by atoms with Gasteiger partial charge in [0.15, 0.2) is 0 Å². The van der Waals surface area contributed by atoms with E-state index in [0.29, 0.717) is 0 Å². The van der Waals surface area contributed by atoms with Gasteiger partial charge in [-0.3, -0.25) is 9.59 Å². The minimum Gasteiger partial charge on any atom is -0.468 e. The van der Waals surface area contributed by atoms with E-state index in [1.54, 1.807) is 0 Å². The van der Waals surface area contributed by atoms with Gasteiger partial charge in [-0.1, -0.05) is 0 Å². The highest BCUT2D eigenvalue weighted by Crippen LogP contribution is 2.08. The minimum absolute atomic E-state index is 0.0907. The molecule has 8 heteroatoms. The van der Waals surface area contributed by atoms with Gasteiger partial charge in [0.1, 0.15) is 6.54 Å². The lowest BCUT2D eigenvalue weighted by Gasteiger charge is -2.04. The summed E-state index contributed by atoms with van der Waals surface area (Å²) in [6, 6.07) is 5.02. The number of carbonyl (C=O) groups is 2. The number of benzene rings is 1. The van der Waals surface area contributed by atoms with Crippen molar-refractivity contribution in [3.05, 3.63) is 29.8 Å². The molecule has 7 nitrogen and oxygen atoms in total. The molecule has 3 N–H and O–H groups in total. The van der Waals surface area contributed by atoms with E-state index in [1.807, 2.05) is 0 Å². The lowest BCUT2D eigenvalue weighted by atomic mass is 10.2. The Balaban J connectivity index is 2.74. The van der Waals surface area contributed by atoms with Gasteiger partial charge in [-0.2, -0.15) is 0 Å². The van der Waals surface area contributed by atoms with Crippen molar-refractivity contribution in [3.8, 4) is 0 Å². The fourth-order valence-electron chi connectivity index (χ4n) is 1.12. The van der Waals surface area contributed by atoms with Crippen molar-refractivity contribution >= 4 is 21.9 Å². The maximum absolute atomic E-state index is 11.5. The molecule has 1 amide bonds. The first-order chi connectivity index (χ1) is 8.34. The highest BCUT2D eigenvalue weighted by molar-refractivity contribution is 7.89. The monoisotopic (exact) mass is 272 g/mol. The molecule has 1 aromatic rings. The maximum atomic E-state index is 11.5. The summed E-state index contributed by atoms with van der Waals surface area (Å²) in [7, 11) is -2.58. The fourth-order valence-corrected chi connectivity index (χ4v) is 1.64. The molecule has 0 bridgehead atoms. The molecule has 0 radical (unpaired) electrons. The van der Waals surface area contributed by atoms with Crippen molar-refractivity contribution in [2.45, 2.75) is 4.90 Å². The van der Waals surface area contributed by atoms with Crippen molar-refractivity contribution in [2.75, 3.05) is 13.7 Å². The van der Waals surface area contributed by atoms with Crippen molar-refractivity contribution in [1.29, 1.82) is 0 Å². The Bertz CT molecular complexity index is 550. The van der Waals surface area contributed by atoms with Crippen LogP contribution in [0.3, 0.4) is 0 Å². The summed E-state index contributed by atoms with van der Waals surface area (Å²) in [5.74, 6) is -1.09. The zero-order valence-corrected chi connectivity index (χ0v) is 10.4. The first-order valence-corrected chi connectivity index (χ1v) is 6.37. The zero-order chi connectivity index (χ0) is 13.8. The molecule has 1 aromatic carbocycles. The summed E-state index contributed by atoms with van der Waals surface area (Å²) in [5, 5.41) is 7.22. The summed E-state index contributed by atoms with van der Waals surface area (Å²) in [5.41, 5.74) is 0.214. The van der Waals surface area contributed by atoms with Crippen LogP contribution in [0.15, 0.2) is 29.2 Å². The van der Waals surface area contributed by atoms with Crippen LogP contribution in [-0.2, 0) is 19.6 Å². The molecule has 0 aromatic heterocycles. The molecule has 0 unspecified atom stereocenters.